The molecule has 0 spiro atoms. The summed E-state index contributed by atoms with van der Waals surface area (Å²) >= 11 is 1.40. The molecule has 1 aliphatic rings. The molecule has 2 rings (SSSR count). The highest BCUT2D eigenvalue weighted by molar-refractivity contribution is 7.99. The molecule has 1 fully saturated rings. The van der Waals surface area contributed by atoms with Crippen molar-refractivity contribution in [3.63, 3.8) is 0 Å². The van der Waals surface area contributed by atoms with Crippen LogP contribution in [0.5, 0.6) is 0 Å². The number of amides is 2. The second-order valence-corrected chi connectivity index (χ2v) is 6.67. The van der Waals surface area contributed by atoms with Gasteiger partial charge in [0.15, 0.2) is 0 Å². The molecular formula is C16H16F3N3O2S. The number of nitrogens with one attached hydrogen (secondary N) is 1. The van der Waals surface area contributed by atoms with Crippen LogP contribution in [0.15, 0.2) is 29.2 Å². The zero-order valence-electron chi connectivity index (χ0n) is 13.2. The quantitative estimate of drug-likeness (QED) is 0.616. The van der Waals surface area contributed by atoms with Crippen molar-refractivity contribution in [3.05, 3.63) is 24.3 Å². The van der Waals surface area contributed by atoms with Crippen molar-refractivity contribution >= 4 is 29.3 Å². The zero-order valence-corrected chi connectivity index (χ0v) is 14.0. The van der Waals surface area contributed by atoms with E-state index in [1.165, 1.54) is 11.8 Å². The molecule has 1 heterocycles. The van der Waals surface area contributed by atoms with Gasteiger partial charge in [-0.05, 0) is 12.1 Å². The minimum Gasteiger partial charge on any atom is -0.333 e. The lowest BCUT2D eigenvalue weighted by atomic mass is 10.1. The molecule has 9 heteroatoms. The summed E-state index contributed by atoms with van der Waals surface area (Å²) in [5.74, 6) is -1.41. The van der Waals surface area contributed by atoms with Crippen LogP contribution >= 0.6 is 11.8 Å². The van der Waals surface area contributed by atoms with Crippen molar-refractivity contribution in [2.45, 2.75) is 23.9 Å². The van der Waals surface area contributed by atoms with Gasteiger partial charge in [-0.2, -0.15) is 18.4 Å². The van der Waals surface area contributed by atoms with Crippen LogP contribution in [0.1, 0.15) is 12.8 Å². The summed E-state index contributed by atoms with van der Waals surface area (Å²) in [4.78, 5) is 25.4. The summed E-state index contributed by atoms with van der Waals surface area (Å²) < 4.78 is 37.3. The Kier molecular flexibility index (Phi) is 6.31. The second-order valence-electron chi connectivity index (χ2n) is 5.53. The van der Waals surface area contributed by atoms with Crippen LogP contribution < -0.4 is 5.32 Å². The summed E-state index contributed by atoms with van der Waals surface area (Å²) in [5.41, 5.74) is 0.525. The predicted octanol–water partition coefficient (Wildman–Crippen LogP) is 3.04. The van der Waals surface area contributed by atoms with Crippen molar-refractivity contribution in [2.24, 2.45) is 5.92 Å². The van der Waals surface area contributed by atoms with Gasteiger partial charge >= 0.3 is 6.18 Å². The molecule has 1 unspecified atom stereocenters. The number of halogens is 3. The summed E-state index contributed by atoms with van der Waals surface area (Å²) in [6, 6.07) is 9.00. The number of benzene rings is 1. The van der Waals surface area contributed by atoms with Gasteiger partial charge in [0.25, 0.3) is 0 Å². The fraction of sp³-hybridized carbons (Fsp3) is 0.438. The van der Waals surface area contributed by atoms with E-state index in [0.29, 0.717) is 22.8 Å². The molecular weight excluding hydrogens is 355 g/mol. The van der Waals surface area contributed by atoms with Gasteiger partial charge in [-0.1, -0.05) is 12.1 Å². The Balaban J connectivity index is 1.99. The molecule has 0 bridgehead atoms. The van der Waals surface area contributed by atoms with Gasteiger partial charge in [0.2, 0.25) is 11.8 Å². The third-order valence-corrected chi connectivity index (χ3v) is 4.65. The third kappa shape index (κ3) is 5.67. The maximum absolute atomic E-state index is 12.4. The number of nitrogens with zero attached hydrogens (tertiary/aromatic N) is 2. The number of alkyl halides is 3. The van der Waals surface area contributed by atoms with Crippen molar-refractivity contribution < 1.29 is 22.8 Å². The SMILES string of the molecule is N#CCCSc1ccccc1NC(=O)C1CC(=O)N(CC(F)(F)F)C1. The number of nitriles is 1. The number of carbonyl (C=O) groups excluding carboxylic acids is 2. The third-order valence-electron chi connectivity index (χ3n) is 3.57. The van der Waals surface area contributed by atoms with Gasteiger partial charge in [0.05, 0.1) is 17.7 Å². The molecule has 1 saturated heterocycles. The van der Waals surface area contributed by atoms with E-state index >= 15 is 0 Å². The van der Waals surface area contributed by atoms with Crippen molar-refractivity contribution in [2.75, 3.05) is 24.2 Å². The van der Waals surface area contributed by atoms with E-state index in [2.05, 4.69) is 5.32 Å². The Morgan fingerprint density at radius 2 is 2.12 bits per heavy atom. The van der Waals surface area contributed by atoms with Gasteiger partial charge in [0.1, 0.15) is 6.54 Å². The molecule has 1 atom stereocenters. The summed E-state index contributed by atoms with van der Waals surface area (Å²) in [6.45, 7) is -1.58. The number of hydrogen-bond acceptors (Lipinski definition) is 4. The molecule has 5 nitrogen and oxygen atoms in total. The molecule has 2 amide bonds. The molecule has 1 aromatic rings. The van der Waals surface area contributed by atoms with Crippen LogP contribution in [0, 0.1) is 17.2 Å². The zero-order chi connectivity index (χ0) is 18.4. The Labute approximate surface area is 147 Å². The number of hydrogen-bond donors (Lipinski definition) is 1. The smallest absolute Gasteiger partial charge is 0.333 e. The van der Waals surface area contributed by atoms with E-state index in [1.807, 2.05) is 6.07 Å². The molecule has 134 valence electrons. The minimum atomic E-state index is -4.48. The van der Waals surface area contributed by atoms with E-state index in [9.17, 15) is 22.8 Å². The van der Waals surface area contributed by atoms with Crippen molar-refractivity contribution in [3.8, 4) is 6.07 Å². The summed E-state index contributed by atoms with van der Waals surface area (Å²) in [5, 5.41) is 11.3. The summed E-state index contributed by atoms with van der Waals surface area (Å²) in [6.07, 6.45) is -4.35. The number of likely N-dealkylation sites (tertiary alicyclic amines) is 1. The lowest BCUT2D eigenvalue weighted by Crippen LogP contribution is -2.36. The van der Waals surface area contributed by atoms with Crippen molar-refractivity contribution in [1.29, 1.82) is 5.26 Å². The van der Waals surface area contributed by atoms with Gasteiger partial charge in [-0.3, -0.25) is 9.59 Å². The van der Waals surface area contributed by atoms with Gasteiger partial charge in [-0.25, -0.2) is 0 Å². The van der Waals surface area contributed by atoms with E-state index in [4.69, 9.17) is 5.26 Å². The molecule has 1 aromatic carbocycles. The average molecular weight is 371 g/mol. The van der Waals surface area contributed by atoms with Crippen LogP contribution in [0.4, 0.5) is 18.9 Å². The van der Waals surface area contributed by atoms with Crippen LogP contribution in [-0.4, -0.2) is 41.7 Å². The molecule has 1 N–H and O–H groups in total. The van der Waals surface area contributed by atoms with E-state index in [-0.39, 0.29) is 13.0 Å². The maximum Gasteiger partial charge on any atom is 0.406 e. The molecule has 25 heavy (non-hydrogen) atoms. The van der Waals surface area contributed by atoms with Crippen LogP contribution in [0.25, 0.3) is 0 Å². The maximum atomic E-state index is 12.4. The normalized spacial score (nSPS) is 17.4. The Hall–Kier alpha value is -2.21. The molecule has 0 aliphatic carbocycles. The largest absolute Gasteiger partial charge is 0.406 e. The monoisotopic (exact) mass is 371 g/mol. The lowest BCUT2D eigenvalue weighted by molar-refractivity contribution is -0.157. The lowest BCUT2D eigenvalue weighted by Gasteiger charge is -2.18. The highest BCUT2D eigenvalue weighted by Gasteiger charge is 2.40. The summed E-state index contributed by atoms with van der Waals surface area (Å²) in [7, 11) is 0. The Morgan fingerprint density at radius 1 is 1.40 bits per heavy atom. The first-order valence-electron chi connectivity index (χ1n) is 7.54. The van der Waals surface area contributed by atoms with E-state index < -0.39 is 30.5 Å². The van der Waals surface area contributed by atoms with Crippen LogP contribution in [-0.2, 0) is 9.59 Å². The van der Waals surface area contributed by atoms with Crippen molar-refractivity contribution in [1.82, 2.24) is 4.90 Å². The van der Waals surface area contributed by atoms with Gasteiger partial charge < -0.3 is 10.2 Å². The highest BCUT2D eigenvalue weighted by Crippen LogP contribution is 2.29. The fourth-order valence-corrected chi connectivity index (χ4v) is 3.32. The number of anilines is 1. The fourth-order valence-electron chi connectivity index (χ4n) is 2.45. The number of thioether (sulfide) groups is 1. The first-order valence-corrected chi connectivity index (χ1v) is 8.53. The Morgan fingerprint density at radius 3 is 2.80 bits per heavy atom. The first kappa shape index (κ1) is 19.1. The number of rotatable bonds is 6. The predicted molar refractivity (Wildman–Crippen MR) is 86.8 cm³/mol. The van der Waals surface area contributed by atoms with E-state index in [0.717, 1.165) is 4.90 Å². The Bertz CT molecular complexity index is 688. The molecule has 1 aliphatic heterocycles. The topological polar surface area (TPSA) is 73.2 Å². The first-order chi connectivity index (χ1) is 11.8. The minimum absolute atomic E-state index is 0.231. The number of carbonyl (C=O) groups is 2. The van der Waals surface area contributed by atoms with E-state index in [1.54, 1.807) is 24.3 Å². The van der Waals surface area contributed by atoms with Crippen LogP contribution in [0.2, 0.25) is 0 Å². The molecule has 0 aromatic heterocycles. The van der Waals surface area contributed by atoms with Gasteiger partial charge in [-0.15, -0.1) is 11.8 Å². The highest BCUT2D eigenvalue weighted by atomic mass is 32.2. The number of para-hydroxylation sites is 1. The second kappa shape index (κ2) is 8.25. The standard InChI is InChI=1S/C16H16F3N3O2S/c17-16(18,19)10-22-9-11(8-14(22)23)15(24)21-12-4-1-2-5-13(12)25-7-3-6-20/h1-2,4-5,11H,3,7-10H2,(H,21,24). The van der Waals surface area contributed by atoms with Gasteiger partial charge in [0, 0.05) is 30.0 Å². The van der Waals surface area contributed by atoms with Crippen LogP contribution in [0.3, 0.4) is 0 Å². The average Bonchev–Trinajstić information content (AvgIpc) is 2.88. The molecule has 0 saturated carbocycles. The molecule has 0 radical (unpaired) electrons.